The predicted molar refractivity (Wildman–Crippen MR) is 47.5 cm³/mol. The first-order chi connectivity index (χ1) is 5.59. The molecule has 0 saturated carbocycles. The SMILES string of the molecule is CC(C)NC(=O)c1csc(=O)[nH]1. The highest BCUT2D eigenvalue weighted by Crippen LogP contribution is 1.95. The lowest BCUT2D eigenvalue weighted by molar-refractivity contribution is 0.0938. The van der Waals surface area contributed by atoms with Crippen LogP contribution in [0.25, 0.3) is 0 Å². The normalized spacial score (nSPS) is 10.2. The fourth-order valence-electron chi connectivity index (χ4n) is 0.732. The van der Waals surface area contributed by atoms with Gasteiger partial charge in [-0.1, -0.05) is 11.3 Å². The smallest absolute Gasteiger partial charge is 0.305 e. The van der Waals surface area contributed by atoms with Crippen molar-refractivity contribution in [1.82, 2.24) is 10.3 Å². The van der Waals surface area contributed by atoms with Crippen LogP contribution in [0, 0.1) is 0 Å². The molecule has 0 spiro atoms. The van der Waals surface area contributed by atoms with Gasteiger partial charge in [-0.3, -0.25) is 9.59 Å². The van der Waals surface area contributed by atoms with E-state index in [9.17, 15) is 9.59 Å². The van der Waals surface area contributed by atoms with E-state index in [0.717, 1.165) is 11.3 Å². The summed E-state index contributed by atoms with van der Waals surface area (Å²) in [5.74, 6) is -0.233. The average molecular weight is 186 g/mol. The van der Waals surface area contributed by atoms with Crippen LogP contribution in [-0.2, 0) is 0 Å². The number of H-pyrrole nitrogens is 1. The molecule has 5 heteroatoms. The molecule has 0 atom stereocenters. The molecular formula is C7H10N2O2S. The molecule has 2 N–H and O–H groups in total. The predicted octanol–water partition coefficient (Wildman–Crippen LogP) is 0.575. The molecule has 4 nitrogen and oxygen atoms in total. The summed E-state index contributed by atoms with van der Waals surface area (Å²) in [5, 5.41) is 4.18. The molecule has 0 aromatic carbocycles. The lowest BCUT2D eigenvalue weighted by Crippen LogP contribution is -2.30. The van der Waals surface area contributed by atoms with Crippen molar-refractivity contribution in [2.24, 2.45) is 0 Å². The lowest BCUT2D eigenvalue weighted by Gasteiger charge is -2.05. The highest BCUT2D eigenvalue weighted by Gasteiger charge is 2.07. The van der Waals surface area contributed by atoms with Crippen molar-refractivity contribution in [3.63, 3.8) is 0 Å². The van der Waals surface area contributed by atoms with Crippen molar-refractivity contribution >= 4 is 17.2 Å². The molecule has 1 rings (SSSR count). The molecule has 1 aromatic rings. The molecule has 0 bridgehead atoms. The van der Waals surface area contributed by atoms with Crippen molar-refractivity contribution in [2.75, 3.05) is 0 Å². The van der Waals surface area contributed by atoms with Crippen LogP contribution in [0.3, 0.4) is 0 Å². The van der Waals surface area contributed by atoms with E-state index < -0.39 is 0 Å². The van der Waals surface area contributed by atoms with Gasteiger partial charge >= 0.3 is 4.87 Å². The highest BCUT2D eigenvalue weighted by molar-refractivity contribution is 7.07. The van der Waals surface area contributed by atoms with Crippen LogP contribution < -0.4 is 10.2 Å². The van der Waals surface area contributed by atoms with Gasteiger partial charge in [0.2, 0.25) is 0 Å². The number of aromatic amines is 1. The Bertz CT molecular complexity index is 326. The number of hydrogen-bond donors (Lipinski definition) is 2. The first kappa shape index (κ1) is 8.99. The monoisotopic (exact) mass is 186 g/mol. The Morgan fingerprint density at radius 3 is 2.75 bits per heavy atom. The van der Waals surface area contributed by atoms with Gasteiger partial charge in [-0.25, -0.2) is 0 Å². The minimum absolute atomic E-state index is 0.0842. The van der Waals surface area contributed by atoms with Gasteiger partial charge in [-0.05, 0) is 13.8 Å². The molecule has 1 heterocycles. The topological polar surface area (TPSA) is 62.0 Å². The fraction of sp³-hybridized carbons (Fsp3) is 0.429. The standard InChI is InChI=1S/C7H10N2O2S/c1-4(2)8-6(10)5-3-12-7(11)9-5/h3-4H,1-2H3,(H,8,10)(H,9,11). The molecule has 0 saturated heterocycles. The summed E-state index contributed by atoms with van der Waals surface area (Å²) >= 11 is 0.988. The first-order valence-corrected chi connectivity index (χ1v) is 4.46. The van der Waals surface area contributed by atoms with Crippen LogP contribution in [0.4, 0.5) is 0 Å². The summed E-state index contributed by atoms with van der Waals surface area (Å²) in [6.45, 7) is 3.73. The Hall–Kier alpha value is -1.10. The molecule has 1 aromatic heterocycles. The number of rotatable bonds is 2. The minimum atomic E-state index is -0.233. The molecule has 0 aliphatic heterocycles. The van der Waals surface area contributed by atoms with Gasteiger partial charge < -0.3 is 10.3 Å². The second-order valence-electron chi connectivity index (χ2n) is 2.69. The van der Waals surface area contributed by atoms with E-state index in [1.807, 2.05) is 13.8 Å². The van der Waals surface area contributed by atoms with Crippen LogP contribution in [0.15, 0.2) is 10.2 Å². The zero-order chi connectivity index (χ0) is 9.14. The van der Waals surface area contributed by atoms with Gasteiger partial charge in [0.25, 0.3) is 5.91 Å². The Kier molecular flexibility index (Phi) is 2.65. The number of nitrogens with one attached hydrogen (secondary N) is 2. The summed E-state index contributed by atoms with van der Waals surface area (Å²) in [6.07, 6.45) is 0. The Morgan fingerprint density at radius 1 is 1.67 bits per heavy atom. The van der Waals surface area contributed by atoms with Gasteiger partial charge in [0.05, 0.1) is 0 Å². The fourth-order valence-corrected chi connectivity index (χ4v) is 1.29. The molecule has 0 unspecified atom stereocenters. The van der Waals surface area contributed by atoms with Crippen LogP contribution in [-0.4, -0.2) is 16.9 Å². The quantitative estimate of drug-likeness (QED) is 0.709. The second kappa shape index (κ2) is 3.53. The van der Waals surface area contributed by atoms with Crippen LogP contribution >= 0.6 is 11.3 Å². The largest absolute Gasteiger partial charge is 0.349 e. The average Bonchev–Trinajstić information content (AvgIpc) is 2.34. The number of amides is 1. The van der Waals surface area contributed by atoms with Gasteiger partial charge in [-0.15, -0.1) is 0 Å². The molecule has 1 amide bonds. The van der Waals surface area contributed by atoms with Gasteiger partial charge in [0, 0.05) is 11.4 Å². The summed E-state index contributed by atoms with van der Waals surface area (Å²) in [7, 11) is 0. The van der Waals surface area contributed by atoms with E-state index in [0.29, 0.717) is 5.69 Å². The third kappa shape index (κ3) is 2.20. The van der Waals surface area contributed by atoms with Crippen molar-refractivity contribution in [2.45, 2.75) is 19.9 Å². The Balaban J connectivity index is 2.72. The van der Waals surface area contributed by atoms with Crippen molar-refractivity contribution in [3.05, 3.63) is 20.7 Å². The minimum Gasteiger partial charge on any atom is -0.349 e. The van der Waals surface area contributed by atoms with E-state index >= 15 is 0 Å². The third-order valence-corrected chi connectivity index (χ3v) is 1.85. The zero-order valence-electron chi connectivity index (χ0n) is 6.88. The molecular weight excluding hydrogens is 176 g/mol. The third-order valence-electron chi connectivity index (χ3n) is 1.18. The highest BCUT2D eigenvalue weighted by atomic mass is 32.1. The summed E-state index contributed by atoms with van der Waals surface area (Å²) in [6, 6.07) is 0.0842. The van der Waals surface area contributed by atoms with Crippen LogP contribution in [0.2, 0.25) is 0 Å². The van der Waals surface area contributed by atoms with Crippen molar-refractivity contribution in [1.29, 1.82) is 0 Å². The molecule has 0 radical (unpaired) electrons. The summed E-state index contributed by atoms with van der Waals surface area (Å²) in [5.41, 5.74) is 0.332. The number of carbonyl (C=O) groups excluding carboxylic acids is 1. The molecule has 0 aliphatic carbocycles. The first-order valence-electron chi connectivity index (χ1n) is 3.58. The number of aromatic nitrogens is 1. The Morgan fingerprint density at radius 2 is 2.33 bits per heavy atom. The maximum atomic E-state index is 11.2. The van der Waals surface area contributed by atoms with Crippen LogP contribution in [0.1, 0.15) is 24.3 Å². The van der Waals surface area contributed by atoms with Gasteiger partial charge in [0.1, 0.15) is 5.69 Å². The van der Waals surface area contributed by atoms with Gasteiger partial charge in [-0.2, -0.15) is 0 Å². The van der Waals surface area contributed by atoms with E-state index in [4.69, 9.17) is 0 Å². The molecule has 12 heavy (non-hydrogen) atoms. The number of thiazole rings is 1. The summed E-state index contributed by atoms with van der Waals surface area (Å²) in [4.78, 5) is 24.1. The van der Waals surface area contributed by atoms with E-state index in [1.54, 1.807) is 0 Å². The molecule has 0 fully saturated rings. The van der Waals surface area contributed by atoms with E-state index in [-0.39, 0.29) is 16.8 Å². The molecule has 66 valence electrons. The summed E-state index contributed by atoms with van der Waals surface area (Å²) < 4.78 is 0. The van der Waals surface area contributed by atoms with Gasteiger partial charge in [0.15, 0.2) is 0 Å². The number of hydrogen-bond acceptors (Lipinski definition) is 3. The Labute approximate surface area is 73.6 Å². The number of carbonyl (C=O) groups is 1. The second-order valence-corrected chi connectivity index (χ2v) is 3.53. The van der Waals surface area contributed by atoms with Crippen LogP contribution in [0.5, 0.6) is 0 Å². The molecule has 0 aliphatic rings. The van der Waals surface area contributed by atoms with E-state index in [1.165, 1.54) is 5.38 Å². The van der Waals surface area contributed by atoms with Crippen molar-refractivity contribution in [3.8, 4) is 0 Å². The van der Waals surface area contributed by atoms with E-state index in [2.05, 4.69) is 10.3 Å². The lowest BCUT2D eigenvalue weighted by atomic mass is 10.3. The van der Waals surface area contributed by atoms with Crippen molar-refractivity contribution < 1.29 is 4.79 Å². The maximum absolute atomic E-state index is 11.2. The zero-order valence-corrected chi connectivity index (χ0v) is 7.70. The maximum Gasteiger partial charge on any atom is 0.305 e.